The summed E-state index contributed by atoms with van der Waals surface area (Å²) in [5, 5.41) is 17.6. The SMILES string of the molecule is CCCCOC1=CC(=Nc2ccc(O)cc2Cl)C(N)=CC1=N. The molecule has 6 heteroatoms. The van der Waals surface area contributed by atoms with Gasteiger partial charge in [0.25, 0.3) is 0 Å². The molecular weight excluding hydrogens is 302 g/mol. The van der Waals surface area contributed by atoms with Crippen molar-refractivity contribution in [3.63, 3.8) is 0 Å². The molecule has 2 rings (SSSR count). The van der Waals surface area contributed by atoms with Crippen LogP contribution in [-0.4, -0.2) is 23.1 Å². The minimum atomic E-state index is 0.0713. The molecule has 0 unspecified atom stereocenters. The van der Waals surface area contributed by atoms with Gasteiger partial charge in [-0.3, -0.25) is 5.41 Å². The molecule has 0 saturated carbocycles. The molecule has 1 aliphatic carbocycles. The molecule has 4 N–H and O–H groups in total. The smallest absolute Gasteiger partial charge is 0.146 e. The molecule has 0 aromatic heterocycles. The fourth-order valence-corrected chi connectivity index (χ4v) is 2.06. The van der Waals surface area contributed by atoms with E-state index in [1.807, 2.05) is 0 Å². The molecule has 0 radical (unpaired) electrons. The van der Waals surface area contributed by atoms with Crippen molar-refractivity contribution in [2.75, 3.05) is 6.61 Å². The fraction of sp³-hybridized carbons (Fsp3) is 0.250. The number of nitrogens with two attached hydrogens (primary N) is 1. The Morgan fingerprint density at radius 2 is 2.14 bits per heavy atom. The van der Waals surface area contributed by atoms with E-state index in [0.717, 1.165) is 12.8 Å². The van der Waals surface area contributed by atoms with Gasteiger partial charge < -0.3 is 15.6 Å². The highest BCUT2D eigenvalue weighted by molar-refractivity contribution is 6.33. The van der Waals surface area contributed by atoms with Crippen molar-refractivity contribution < 1.29 is 9.84 Å². The second kappa shape index (κ2) is 7.13. The maximum Gasteiger partial charge on any atom is 0.146 e. The highest BCUT2D eigenvalue weighted by Gasteiger charge is 2.16. The van der Waals surface area contributed by atoms with Crippen LogP contribution in [0.3, 0.4) is 0 Å². The Hall–Kier alpha value is -2.27. The third-order valence-corrected chi connectivity index (χ3v) is 3.36. The van der Waals surface area contributed by atoms with Crippen molar-refractivity contribution in [2.24, 2.45) is 10.7 Å². The Bertz CT molecular complexity index is 678. The van der Waals surface area contributed by atoms with Crippen LogP contribution in [0.4, 0.5) is 5.69 Å². The summed E-state index contributed by atoms with van der Waals surface area (Å²) in [6, 6.07) is 4.51. The Balaban J connectivity index is 2.29. The molecule has 116 valence electrons. The maximum absolute atomic E-state index is 9.36. The third-order valence-electron chi connectivity index (χ3n) is 3.06. The third kappa shape index (κ3) is 3.89. The Morgan fingerprint density at radius 3 is 2.82 bits per heavy atom. The van der Waals surface area contributed by atoms with E-state index in [1.54, 1.807) is 12.1 Å². The van der Waals surface area contributed by atoms with Gasteiger partial charge in [0.15, 0.2) is 0 Å². The summed E-state index contributed by atoms with van der Waals surface area (Å²) >= 11 is 6.04. The van der Waals surface area contributed by atoms with E-state index in [2.05, 4.69) is 11.9 Å². The van der Waals surface area contributed by atoms with Crippen LogP contribution >= 0.6 is 11.6 Å². The van der Waals surface area contributed by atoms with Crippen molar-refractivity contribution in [1.82, 2.24) is 0 Å². The number of benzene rings is 1. The zero-order chi connectivity index (χ0) is 16.1. The van der Waals surface area contributed by atoms with Gasteiger partial charge in [-0.1, -0.05) is 24.9 Å². The van der Waals surface area contributed by atoms with E-state index in [9.17, 15) is 5.11 Å². The van der Waals surface area contributed by atoms with Crippen LogP contribution in [0, 0.1) is 5.41 Å². The fourth-order valence-electron chi connectivity index (χ4n) is 1.84. The van der Waals surface area contributed by atoms with Crippen LogP contribution in [0.15, 0.2) is 46.8 Å². The molecule has 0 saturated heterocycles. The second-order valence-electron chi connectivity index (χ2n) is 4.86. The van der Waals surface area contributed by atoms with Gasteiger partial charge in [-0.25, -0.2) is 4.99 Å². The molecule has 0 fully saturated rings. The van der Waals surface area contributed by atoms with Crippen LogP contribution < -0.4 is 5.73 Å². The first kappa shape index (κ1) is 16.1. The first-order valence-corrected chi connectivity index (χ1v) is 7.37. The first-order chi connectivity index (χ1) is 10.5. The van der Waals surface area contributed by atoms with Crippen LogP contribution in [0.2, 0.25) is 5.02 Å². The van der Waals surface area contributed by atoms with E-state index in [0.29, 0.717) is 34.5 Å². The molecule has 1 aliphatic rings. The zero-order valence-corrected chi connectivity index (χ0v) is 13.0. The summed E-state index contributed by atoms with van der Waals surface area (Å²) < 4.78 is 5.58. The van der Waals surface area contributed by atoms with Crippen LogP contribution in [0.5, 0.6) is 5.75 Å². The molecule has 22 heavy (non-hydrogen) atoms. The lowest BCUT2D eigenvalue weighted by molar-refractivity contribution is 0.226. The lowest BCUT2D eigenvalue weighted by atomic mass is 10.1. The lowest BCUT2D eigenvalue weighted by Gasteiger charge is -2.15. The molecule has 0 bridgehead atoms. The highest BCUT2D eigenvalue weighted by Crippen LogP contribution is 2.29. The van der Waals surface area contributed by atoms with Crippen LogP contribution in [0.1, 0.15) is 19.8 Å². The number of aliphatic imine (C=N–C) groups is 1. The van der Waals surface area contributed by atoms with E-state index >= 15 is 0 Å². The summed E-state index contributed by atoms with van der Waals surface area (Å²) in [5.41, 5.74) is 7.48. The van der Waals surface area contributed by atoms with Gasteiger partial charge in [-0.2, -0.15) is 0 Å². The van der Waals surface area contributed by atoms with Crippen molar-refractivity contribution in [1.29, 1.82) is 5.41 Å². The number of halogens is 1. The average Bonchev–Trinajstić information content (AvgIpc) is 2.46. The number of aromatic hydroxyl groups is 1. The molecule has 0 amide bonds. The van der Waals surface area contributed by atoms with Crippen molar-refractivity contribution in [3.05, 3.63) is 46.8 Å². The first-order valence-electron chi connectivity index (χ1n) is 6.99. The minimum absolute atomic E-state index is 0.0713. The molecule has 1 aromatic rings. The summed E-state index contributed by atoms with van der Waals surface area (Å²) in [7, 11) is 0. The normalized spacial score (nSPS) is 16.5. The molecule has 0 atom stereocenters. The molecule has 0 aliphatic heterocycles. The van der Waals surface area contributed by atoms with Gasteiger partial charge in [0, 0.05) is 12.1 Å². The quantitative estimate of drug-likeness (QED) is 0.571. The van der Waals surface area contributed by atoms with Crippen LogP contribution in [-0.2, 0) is 4.74 Å². The molecular formula is C16H18ClN3O2. The predicted octanol–water partition coefficient (Wildman–Crippen LogP) is 3.69. The molecule has 0 spiro atoms. The number of rotatable bonds is 5. The number of nitrogens with one attached hydrogen (secondary N) is 1. The van der Waals surface area contributed by atoms with Gasteiger partial charge in [0.2, 0.25) is 0 Å². The second-order valence-corrected chi connectivity index (χ2v) is 5.26. The minimum Gasteiger partial charge on any atom is -0.508 e. The number of hydrogen-bond donors (Lipinski definition) is 3. The monoisotopic (exact) mass is 319 g/mol. The highest BCUT2D eigenvalue weighted by atomic mass is 35.5. The van der Waals surface area contributed by atoms with Gasteiger partial charge >= 0.3 is 0 Å². The number of hydrogen-bond acceptors (Lipinski definition) is 5. The van der Waals surface area contributed by atoms with E-state index in [-0.39, 0.29) is 11.5 Å². The summed E-state index contributed by atoms with van der Waals surface area (Å²) in [6.07, 6.45) is 5.08. The Labute approximate surface area is 134 Å². The number of allylic oxidation sites excluding steroid dienone is 2. The average molecular weight is 320 g/mol. The maximum atomic E-state index is 9.36. The van der Waals surface area contributed by atoms with Crippen molar-refractivity contribution in [2.45, 2.75) is 19.8 Å². The summed E-state index contributed by atoms with van der Waals surface area (Å²) in [4.78, 5) is 4.38. The lowest BCUT2D eigenvalue weighted by Crippen LogP contribution is -2.19. The molecule has 1 aromatic carbocycles. The molecule has 0 heterocycles. The number of nitrogens with zero attached hydrogens (tertiary/aromatic N) is 1. The number of phenolic OH excluding ortho intramolecular Hbond substituents is 1. The standard InChI is InChI=1S/C16H18ClN3O2/c1-2-3-6-22-16-9-15(12(18)8-13(16)19)20-14-5-4-10(21)7-11(14)17/h4-5,7-9,19,21H,2-3,6,18H2,1H3. The van der Waals surface area contributed by atoms with Crippen molar-refractivity contribution >= 4 is 28.7 Å². The summed E-state index contributed by atoms with van der Waals surface area (Å²) in [5.74, 6) is 0.512. The Kier molecular flexibility index (Phi) is 5.22. The van der Waals surface area contributed by atoms with E-state index in [1.165, 1.54) is 18.2 Å². The number of unbranched alkanes of at least 4 members (excludes halogenated alkanes) is 1. The largest absolute Gasteiger partial charge is 0.508 e. The number of ether oxygens (including phenoxy) is 1. The topological polar surface area (TPSA) is 91.7 Å². The predicted molar refractivity (Wildman–Crippen MR) is 89.2 cm³/mol. The number of phenols is 1. The zero-order valence-electron chi connectivity index (χ0n) is 12.3. The van der Waals surface area contributed by atoms with E-state index in [4.69, 9.17) is 27.5 Å². The van der Waals surface area contributed by atoms with Crippen LogP contribution in [0.25, 0.3) is 0 Å². The van der Waals surface area contributed by atoms with Gasteiger partial charge in [0.05, 0.1) is 34.4 Å². The van der Waals surface area contributed by atoms with Gasteiger partial charge in [0.1, 0.15) is 11.5 Å². The molecule has 5 nitrogen and oxygen atoms in total. The van der Waals surface area contributed by atoms with Crippen molar-refractivity contribution in [3.8, 4) is 5.75 Å². The van der Waals surface area contributed by atoms with Gasteiger partial charge in [-0.15, -0.1) is 0 Å². The van der Waals surface area contributed by atoms with Gasteiger partial charge in [-0.05, 0) is 24.6 Å². The Morgan fingerprint density at radius 1 is 1.36 bits per heavy atom. The van der Waals surface area contributed by atoms with E-state index < -0.39 is 0 Å². The summed E-state index contributed by atoms with van der Waals surface area (Å²) in [6.45, 7) is 2.62.